The minimum Gasteiger partial charge on any atom is -0.0919 e. The molecule has 0 aliphatic heterocycles. The van der Waals surface area contributed by atoms with Crippen LogP contribution in [0, 0.1) is 0 Å². The minimum atomic E-state index is 0. The van der Waals surface area contributed by atoms with Crippen molar-refractivity contribution < 1.29 is 0 Å². The van der Waals surface area contributed by atoms with Crippen LogP contribution in [0.4, 0.5) is 0 Å². The molecule has 0 saturated carbocycles. The van der Waals surface area contributed by atoms with Gasteiger partial charge < -0.3 is 0 Å². The Bertz CT molecular complexity index is 196. The first-order valence-corrected chi connectivity index (χ1v) is 5.12. The molecule has 0 N–H and O–H groups in total. The Morgan fingerprint density at radius 3 is 1.00 bits per heavy atom. The molecule has 79 valence electrons. The summed E-state index contributed by atoms with van der Waals surface area (Å²) in [7, 11) is 0. The summed E-state index contributed by atoms with van der Waals surface area (Å²) in [5.41, 5.74) is 0. The van der Waals surface area contributed by atoms with Gasteiger partial charge in [0.1, 0.15) is 0 Å². The highest BCUT2D eigenvalue weighted by Crippen LogP contribution is 1.93. The molecule has 0 aromatic rings. The first-order chi connectivity index (χ1) is 6.91. The first kappa shape index (κ1) is 16.2. The van der Waals surface area contributed by atoms with E-state index in [-0.39, 0.29) is 8.41 Å². The molecule has 0 aromatic heterocycles. The second-order valence-electron chi connectivity index (χ2n) is 2.85. The summed E-state index contributed by atoms with van der Waals surface area (Å²) in [5.74, 6) is 0. The van der Waals surface area contributed by atoms with E-state index >= 15 is 0 Å². The summed E-state index contributed by atoms with van der Waals surface area (Å²) in [6, 6.07) is 0. The fraction of sp³-hybridized carbons (Fsp3) is 0.286. The van der Waals surface area contributed by atoms with Gasteiger partial charge in [-0.15, -0.1) is 0 Å². The molecule has 0 saturated heterocycles. The number of hydrogen-bond donors (Lipinski definition) is 0. The molecular formula is C14H20B. The third-order valence-electron chi connectivity index (χ3n) is 1.64. The predicted molar refractivity (Wildman–Crippen MR) is 72.0 cm³/mol. The van der Waals surface area contributed by atoms with Crippen molar-refractivity contribution in [1.82, 2.24) is 0 Å². The van der Waals surface area contributed by atoms with Gasteiger partial charge in [-0.3, -0.25) is 0 Å². The Kier molecular flexibility index (Phi) is 16.5. The molecule has 3 radical (unpaired) electrons. The van der Waals surface area contributed by atoms with Crippen LogP contribution in [0.3, 0.4) is 0 Å². The zero-order valence-electron chi connectivity index (χ0n) is 9.77. The van der Waals surface area contributed by atoms with E-state index in [2.05, 4.69) is 48.6 Å². The van der Waals surface area contributed by atoms with Gasteiger partial charge in [0.15, 0.2) is 0 Å². The smallest absolute Gasteiger partial charge is 0 e. The van der Waals surface area contributed by atoms with Gasteiger partial charge >= 0.3 is 0 Å². The van der Waals surface area contributed by atoms with Crippen LogP contribution in [-0.4, -0.2) is 8.41 Å². The van der Waals surface area contributed by atoms with E-state index in [9.17, 15) is 0 Å². The summed E-state index contributed by atoms with van der Waals surface area (Å²) in [6.45, 7) is 4.00. The molecule has 2 aliphatic rings. The van der Waals surface area contributed by atoms with Crippen molar-refractivity contribution in [3.63, 3.8) is 0 Å². The fourth-order valence-corrected chi connectivity index (χ4v) is 0.786. The Balaban J connectivity index is 0. The molecule has 0 spiro atoms. The first-order valence-electron chi connectivity index (χ1n) is 5.12. The molecule has 0 unspecified atom stereocenters. The minimum absolute atomic E-state index is 0. The zero-order valence-corrected chi connectivity index (χ0v) is 9.77. The van der Waals surface area contributed by atoms with Crippen molar-refractivity contribution in [3.8, 4) is 0 Å². The standard InChI is InChI=1S/2C5H6.C4H8.B/c2*1-2-4-5-3-1;1-3-4-2;/h2*1-4H,5H2;3-4H,1-2H3;. The topological polar surface area (TPSA) is 0 Å². The summed E-state index contributed by atoms with van der Waals surface area (Å²) < 4.78 is 0. The molecule has 0 amide bonds. The van der Waals surface area contributed by atoms with Gasteiger partial charge in [0.05, 0.1) is 0 Å². The van der Waals surface area contributed by atoms with E-state index in [1.165, 1.54) is 0 Å². The zero-order chi connectivity index (χ0) is 10.5. The SMILES string of the molecule is C1=CCC=C1.C1=CCC=C1.CC=CC.[B]. The summed E-state index contributed by atoms with van der Waals surface area (Å²) in [6.07, 6.45) is 23.0. The lowest BCUT2D eigenvalue weighted by Gasteiger charge is -1.57. The lowest BCUT2D eigenvalue weighted by Crippen LogP contribution is -1.37. The van der Waals surface area contributed by atoms with Crippen LogP contribution in [0.1, 0.15) is 26.7 Å². The van der Waals surface area contributed by atoms with E-state index in [1.807, 2.05) is 26.0 Å². The highest BCUT2D eigenvalue weighted by atomic mass is 13.8. The molecule has 0 bridgehead atoms. The Morgan fingerprint density at radius 1 is 0.667 bits per heavy atom. The molecule has 0 atom stereocenters. The third kappa shape index (κ3) is 15.5. The van der Waals surface area contributed by atoms with E-state index in [0.717, 1.165) is 12.8 Å². The van der Waals surface area contributed by atoms with Crippen molar-refractivity contribution in [2.75, 3.05) is 0 Å². The second kappa shape index (κ2) is 15.2. The normalized spacial score (nSPS) is 14.3. The molecule has 1 heteroatoms. The lowest BCUT2D eigenvalue weighted by atomic mass is 10.5. The van der Waals surface area contributed by atoms with Crippen LogP contribution >= 0.6 is 0 Å². The maximum Gasteiger partial charge on any atom is 0 e. The average molecular weight is 199 g/mol. The molecule has 0 heterocycles. The van der Waals surface area contributed by atoms with Gasteiger partial charge in [0.25, 0.3) is 0 Å². The predicted octanol–water partition coefficient (Wildman–Crippen LogP) is 4.21. The monoisotopic (exact) mass is 199 g/mol. The van der Waals surface area contributed by atoms with Crippen molar-refractivity contribution >= 4 is 8.41 Å². The van der Waals surface area contributed by atoms with Crippen LogP contribution in [0.5, 0.6) is 0 Å². The van der Waals surface area contributed by atoms with E-state index < -0.39 is 0 Å². The van der Waals surface area contributed by atoms with Crippen LogP contribution < -0.4 is 0 Å². The Hall–Kier alpha value is -1.24. The lowest BCUT2D eigenvalue weighted by molar-refractivity contribution is 1.45. The van der Waals surface area contributed by atoms with Crippen LogP contribution in [0.25, 0.3) is 0 Å². The van der Waals surface area contributed by atoms with Crippen molar-refractivity contribution in [2.24, 2.45) is 0 Å². The Labute approximate surface area is 96.4 Å². The highest BCUT2D eigenvalue weighted by molar-refractivity contribution is 5.75. The van der Waals surface area contributed by atoms with Crippen LogP contribution in [0.15, 0.2) is 60.8 Å². The summed E-state index contributed by atoms with van der Waals surface area (Å²) >= 11 is 0. The van der Waals surface area contributed by atoms with E-state index in [1.54, 1.807) is 0 Å². The fourth-order valence-electron chi connectivity index (χ4n) is 0.786. The maximum absolute atomic E-state index is 2.12. The molecular weight excluding hydrogens is 179 g/mol. The largest absolute Gasteiger partial charge is 0.0919 e. The van der Waals surface area contributed by atoms with Gasteiger partial charge in [-0.1, -0.05) is 60.8 Å². The van der Waals surface area contributed by atoms with Crippen molar-refractivity contribution in [1.29, 1.82) is 0 Å². The third-order valence-corrected chi connectivity index (χ3v) is 1.64. The molecule has 2 aliphatic carbocycles. The van der Waals surface area contributed by atoms with Crippen LogP contribution in [-0.2, 0) is 0 Å². The molecule has 0 fully saturated rings. The van der Waals surface area contributed by atoms with Crippen molar-refractivity contribution in [3.05, 3.63) is 60.8 Å². The highest BCUT2D eigenvalue weighted by Gasteiger charge is 1.72. The van der Waals surface area contributed by atoms with E-state index in [4.69, 9.17) is 0 Å². The molecule has 0 nitrogen and oxygen atoms in total. The second-order valence-corrected chi connectivity index (χ2v) is 2.85. The van der Waals surface area contributed by atoms with Crippen molar-refractivity contribution in [2.45, 2.75) is 26.7 Å². The Morgan fingerprint density at radius 2 is 0.933 bits per heavy atom. The number of allylic oxidation sites excluding steroid dienone is 10. The molecule has 0 aromatic carbocycles. The van der Waals surface area contributed by atoms with Gasteiger partial charge in [-0.2, -0.15) is 0 Å². The van der Waals surface area contributed by atoms with Gasteiger partial charge in [-0.05, 0) is 26.7 Å². The van der Waals surface area contributed by atoms with Crippen LogP contribution in [0.2, 0.25) is 0 Å². The summed E-state index contributed by atoms with van der Waals surface area (Å²) in [5, 5.41) is 0. The number of hydrogen-bond acceptors (Lipinski definition) is 0. The molecule has 2 rings (SSSR count). The average Bonchev–Trinajstić information content (AvgIpc) is 2.94. The molecule has 15 heavy (non-hydrogen) atoms. The van der Waals surface area contributed by atoms with Gasteiger partial charge in [-0.25, -0.2) is 0 Å². The number of rotatable bonds is 0. The summed E-state index contributed by atoms with van der Waals surface area (Å²) in [4.78, 5) is 0. The van der Waals surface area contributed by atoms with Gasteiger partial charge in [0, 0.05) is 8.41 Å². The quantitative estimate of drug-likeness (QED) is 0.405. The van der Waals surface area contributed by atoms with E-state index in [0.29, 0.717) is 0 Å². The van der Waals surface area contributed by atoms with Gasteiger partial charge in [0.2, 0.25) is 0 Å². The maximum atomic E-state index is 2.12.